The molecule has 0 radical (unpaired) electrons. The number of hydrogen-bond acceptors (Lipinski definition) is 3. The van der Waals surface area contributed by atoms with Gasteiger partial charge in [-0.3, -0.25) is 0 Å². The van der Waals surface area contributed by atoms with Crippen LogP contribution < -0.4 is 10.2 Å². The third-order valence-corrected chi connectivity index (χ3v) is 4.73. The molecule has 0 spiro atoms. The van der Waals surface area contributed by atoms with Gasteiger partial charge in [-0.25, -0.2) is 4.79 Å². The summed E-state index contributed by atoms with van der Waals surface area (Å²) in [6, 6.07) is 18.3. The molecule has 2 aromatic carbocycles. The third-order valence-electron chi connectivity index (χ3n) is 4.01. The molecule has 3 rings (SSSR count). The highest BCUT2D eigenvalue weighted by atomic mass is 32.2. The summed E-state index contributed by atoms with van der Waals surface area (Å²) >= 11 is 1.67. The molecular formula is C18H21N3OS. The summed E-state index contributed by atoms with van der Waals surface area (Å²) in [6.07, 6.45) is 2.03. The molecule has 0 atom stereocenters. The molecule has 0 aromatic heterocycles. The number of nitrogens with zero attached hydrogens (tertiary/aromatic N) is 2. The summed E-state index contributed by atoms with van der Waals surface area (Å²) in [5, 5.41) is 3.00. The number of piperazine rings is 1. The lowest BCUT2D eigenvalue weighted by Crippen LogP contribution is -2.50. The van der Waals surface area contributed by atoms with Crippen molar-refractivity contribution in [3.05, 3.63) is 54.6 Å². The molecule has 2 amide bonds. The lowest BCUT2D eigenvalue weighted by Gasteiger charge is -2.36. The Labute approximate surface area is 141 Å². The van der Waals surface area contributed by atoms with E-state index < -0.39 is 0 Å². The normalized spacial score (nSPS) is 14.7. The van der Waals surface area contributed by atoms with Gasteiger partial charge in [0.1, 0.15) is 0 Å². The maximum Gasteiger partial charge on any atom is 0.321 e. The first-order chi connectivity index (χ1) is 11.3. The van der Waals surface area contributed by atoms with Crippen LogP contribution in [-0.4, -0.2) is 43.4 Å². The molecule has 1 aliphatic rings. The lowest BCUT2D eigenvalue weighted by molar-refractivity contribution is 0.208. The van der Waals surface area contributed by atoms with Gasteiger partial charge < -0.3 is 15.1 Å². The minimum atomic E-state index is -0.0176. The molecule has 1 N–H and O–H groups in total. The largest absolute Gasteiger partial charge is 0.368 e. The maximum absolute atomic E-state index is 12.4. The Bertz CT molecular complexity index is 654. The van der Waals surface area contributed by atoms with E-state index in [0.717, 1.165) is 36.8 Å². The van der Waals surface area contributed by atoms with Crippen LogP contribution in [0.3, 0.4) is 0 Å². The van der Waals surface area contributed by atoms with Gasteiger partial charge in [0.05, 0.1) is 0 Å². The maximum atomic E-state index is 12.4. The van der Waals surface area contributed by atoms with E-state index in [1.807, 2.05) is 53.6 Å². The zero-order chi connectivity index (χ0) is 16.1. The smallest absolute Gasteiger partial charge is 0.321 e. The van der Waals surface area contributed by atoms with Gasteiger partial charge in [0.15, 0.2) is 0 Å². The Hall–Kier alpha value is -2.14. The van der Waals surface area contributed by atoms with Crippen LogP contribution in [0.2, 0.25) is 0 Å². The van der Waals surface area contributed by atoms with Crippen molar-refractivity contribution in [2.45, 2.75) is 4.90 Å². The third kappa shape index (κ3) is 3.99. The molecule has 1 aliphatic heterocycles. The Kier molecular flexibility index (Phi) is 5.08. The van der Waals surface area contributed by atoms with Crippen molar-refractivity contribution in [2.24, 2.45) is 0 Å². The van der Waals surface area contributed by atoms with Crippen LogP contribution in [0.25, 0.3) is 0 Å². The fourth-order valence-electron chi connectivity index (χ4n) is 2.71. The fraction of sp³-hybridized carbons (Fsp3) is 0.278. The lowest BCUT2D eigenvalue weighted by atomic mass is 10.2. The Morgan fingerprint density at radius 2 is 1.74 bits per heavy atom. The van der Waals surface area contributed by atoms with E-state index in [4.69, 9.17) is 0 Å². The van der Waals surface area contributed by atoms with Gasteiger partial charge in [0.2, 0.25) is 0 Å². The number of anilines is 2. The average Bonchev–Trinajstić information content (AvgIpc) is 2.63. The summed E-state index contributed by atoms with van der Waals surface area (Å²) < 4.78 is 0. The van der Waals surface area contributed by atoms with Gasteiger partial charge in [-0.1, -0.05) is 24.3 Å². The highest BCUT2D eigenvalue weighted by Gasteiger charge is 2.21. The highest BCUT2D eigenvalue weighted by Crippen LogP contribution is 2.20. The van der Waals surface area contributed by atoms with Gasteiger partial charge in [-0.15, -0.1) is 11.8 Å². The molecule has 120 valence electrons. The minimum Gasteiger partial charge on any atom is -0.368 e. The van der Waals surface area contributed by atoms with Crippen LogP contribution in [-0.2, 0) is 0 Å². The van der Waals surface area contributed by atoms with Gasteiger partial charge in [-0.2, -0.15) is 0 Å². The number of carbonyl (C=O) groups excluding carboxylic acids is 1. The van der Waals surface area contributed by atoms with Crippen molar-refractivity contribution < 1.29 is 4.79 Å². The van der Waals surface area contributed by atoms with Crippen LogP contribution in [0.15, 0.2) is 59.5 Å². The van der Waals surface area contributed by atoms with Crippen molar-refractivity contribution in [3.8, 4) is 0 Å². The first-order valence-electron chi connectivity index (χ1n) is 7.76. The summed E-state index contributed by atoms with van der Waals surface area (Å²) in [5.41, 5.74) is 2.08. The molecule has 4 nitrogen and oxygen atoms in total. The molecule has 2 aromatic rings. The van der Waals surface area contributed by atoms with Gasteiger partial charge in [0, 0.05) is 42.4 Å². The van der Waals surface area contributed by atoms with E-state index in [9.17, 15) is 4.79 Å². The topological polar surface area (TPSA) is 35.6 Å². The second kappa shape index (κ2) is 7.42. The quantitative estimate of drug-likeness (QED) is 0.872. The summed E-state index contributed by atoms with van der Waals surface area (Å²) in [5.74, 6) is 0. The Morgan fingerprint density at radius 1 is 1.00 bits per heavy atom. The summed E-state index contributed by atoms with van der Waals surface area (Å²) in [6.45, 7) is 3.20. The number of hydrogen-bond donors (Lipinski definition) is 1. The number of nitrogens with one attached hydrogen (secondary N) is 1. The standard InChI is InChI=1S/C18H21N3OS/c1-23-17-9-5-6-15(14-17)19-18(22)21-12-10-20(11-13-21)16-7-3-2-4-8-16/h2-9,14H,10-13H2,1H3,(H,19,22). The Balaban J connectivity index is 1.56. The predicted molar refractivity (Wildman–Crippen MR) is 97.5 cm³/mol. The number of rotatable bonds is 3. The number of amides is 2. The van der Waals surface area contributed by atoms with Crippen molar-refractivity contribution in [2.75, 3.05) is 42.7 Å². The number of para-hydroxylation sites is 1. The van der Waals surface area contributed by atoms with E-state index in [2.05, 4.69) is 22.3 Å². The number of benzene rings is 2. The zero-order valence-corrected chi connectivity index (χ0v) is 14.1. The van der Waals surface area contributed by atoms with Crippen LogP contribution in [0, 0.1) is 0 Å². The molecule has 0 bridgehead atoms. The first kappa shape index (κ1) is 15.7. The molecule has 1 heterocycles. The second-order valence-corrected chi connectivity index (χ2v) is 6.35. The molecule has 0 saturated carbocycles. The highest BCUT2D eigenvalue weighted by molar-refractivity contribution is 7.98. The SMILES string of the molecule is CSc1cccc(NC(=O)N2CCN(c3ccccc3)CC2)c1. The number of urea groups is 1. The number of carbonyl (C=O) groups is 1. The van der Waals surface area contributed by atoms with E-state index >= 15 is 0 Å². The molecule has 0 aliphatic carbocycles. The molecule has 1 fully saturated rings. The van der Waals surface area contributed by atoms with Gasteiger partial charge in [-0.05, 0) is 36.6 Å². The van der Waals surface area contributed by atoms with Crippen molar-refractivity contribution >= 4 is 29.2 Å². The zero-order valence-electron chi connectivity index (χ0n) is 13.2. The molecule has 1 saturated heterocycles. The van der Waals surface area contributed by atoms with Crippen molar-refractivity contribution in [1.82, 2.24) is 4.90 Å². The van der Waals surface area contributed by atoms with Gasteiger partial charge in [0.25, 0.3) is 0 Å². The molecule has 5 heteroatoms. The second-order valence-electron chi connectivity index (χ2n) is 5.47. The van der Waals surface area contributed by atoms with Crippen molar-refractivity contribution in [1.29, 1.82) is 0 Å². The molecule has 0 unspecified atom stereocenters. The minimum absolute atomic E-state index is 0.0176. The van der Waals surface area contributed by atoms with Crippen LogP contribution in [0.4, 0.5) is 16.2 Å². The van der Waals surface area contributed by atoms with Crippen LogP contribution in [0.5, 0.6) is 0 Å². The Morgan fingerprint density at radius 3 is 2.43 bits per heavy atom. The summed E-state index contributed by atoms with van der Waals surface area (Å²) in [7, 11) is 0. The predicted octanol–water partition coefficient (Wildman–Crippen LogP) is 3.76. The first-order valence-corrected chi connectivity index (χ1v) is 8.99. The van der Waals surface area contributed by atoms with Crippen LogP contribution in [0.1, 0.15) is 0 Å². The molecular weight excluding hydrogens is 306 g/mol. The monoisotopic (exact) mass is 327 g/mol. The van der Waals surface area contributed by atoms with Crippen molar-refractivity contribution in [3.63, 3.8) is 0 Å². The molecule has 23 heavy (non-hydrogen) atoms. The van der Waals surface area contributed by atoms with Crippen LogP contribution >= 0.6 is 11.8 Å². The van der Waals surface area contributed by atoms with Gasteiger partial charge >= 0.3 is 6.03 Å². The van der Waals surface area contributed by atoms with E-state index in [0.29, 0.717) is 0 Å². The van der Waals surface area contributed by atoms with E-state index in [1.54, 1.807) is 11.8 Å². The fourth-order valence-corrected chi connectivity index (χ4v) is 3.17. The average molecular weight is 327 g/mol. The summed E-state index contributed by atoms with van der Waals surface area (Å²) in [4.78, 5) is 17.7. The van der Waals surface area contributed by atoms with E-state index in [1.165, 1.54) is 5.69 Å². The number of thioether (sulfide) groups is 1. The van der Waals surface area contributed by atoms with E-state index in [-0.39, 0.29) is 6.03 Å².